The van der Waals surface area contributed by atoms with Crippen molar-refractivity contribution in [3.8, 4) is 11.6 Å². The molecule has 1 aliphatic heterocycles. The molecule has 4 rings (SSSR count). The number of amides is 1. The summed E-state index contributed by atoms with van der Waals surface area (Å²) in [6.07, 6.45) is 3.56. The number of carbonyl (C=O) groups is 1. The molecule has 1 fully saturated rings. The number of aromatic nitrogens is 3. The number of halogens is 1. The molecule has 1 aromatic carbocycles. The Balaban J connectivity index is 1.49. The van der Waals surface area contributed by atoms with E-state index >= 15 is 0 Å². The van der Waals surface area contributed by atoms with Crippen molar-refractivity contribution in [2.24, 2.45) is 0 Å². The van der Waals surface area contributed by atoms with E-state index in [2.05, 4.69) is 15.1 Å². The monoisotopic (exact) mass is 340 g/mol. The lowest BCUT2D eigenvalue weighted by Crippen LogP contribution is -2.39. The van der Waals surface area contributed by atoms with E-state index in [1.165, 1.54) is 24.3 Å². The van der Waals surface area contributed by atoms with E-state index in [0.29, 0.717) is 30.4 Å². The Hall–Kier alpha value is -2.96. The van der Waals surface area contributed by atoms with Crippen molar-refractivity contribution >= 4 is 5.91 Å². The third-order valence-electron chi connectivity index (χ3n) is 4.44. The highest BCUT2D eigenvalue weighted by molar-refractivity contribution is 5.94. The molecule has 1 atom stereocenters. The predicted molar refractivity (Wildman–Crippen MR) is 88.4 cm³/mol. The number of carbonyl (C=O) groups excluding carboxylic acids is 1. The summed E-state index contributed by atoms with van der Waals surface area (Å²) in [5.74, 6) is 0.642. The summed E-state index contributed by atoms with van der Waals surface area (Å²) < 4.78 is 18.4. The van der Waals surface area contributed by atoms with Gasteiger partial charge in [0.15, 0.2) is 5.82 Å². The van der Waals surface area contributed by atoms with Crippen molar-refractivity contribution in [1.82, 2.24) is 20.0 Å². The minimum Gasteiger partial charge on any atom is -0.357 e. The van der Waals surface area contributed by atoms with Crippen molar-refractivity contribution in [3.05, 3.63) is 59.8 Å². The molecule has 0 radical (unpaired) electrons. The standard InChI is InChI=1S/C18H17FN4O2/c19-14-7-5-12(6-8-14)18(24)23-10-2-3-13(11-23)16-21-17(25-22-16)15-4-1-9-20-15/h1,4-9,13,20H,2-3,10-11H2/t13-/m0/s1. The van der Waals surface area contributed by atoms with E-state index < -0.39 is 0 Å². The predicted octanol–water partition coefficient (Wildman–Crippen LogP) is 3.22. The topological polar surface area (TPSA) is 75.0 Å². The third kappa shape index (κ3) is 3.17. The molecule has 0 unspecified atom stereocenters. The molecule has 1 saturated heterocycles. The average Bonchev–Trinajstić information content (AvgIpc) is 3.33. The zero-order chi connectivity index (χ0) is 17.2. The zero-order valence-electron chi connectivity index (χ0n) is 13.5. The first kappa shape index (κ1) is 15.6. The molecule has 1 aliphatic rings. The van der Waals surface area contributed by atoms with Crippen molar-refractivity contribution in [2.75, 3.05) is 13.1 Å². The fraction of sp³-hybridized carbons (Fsp3) is 0.278. The smallest absolute Gasteiger partial charge is 0.274 e. The largest absolute Gasteiger partial charge is 0.357 e. The first-order chi connectivity index (χ1) is 12.2. The van der Waals surface area contributed by atoms with Crippen LogP contribution in [0.5, 0.6) is 0 Å². The molecule has 1 amide bonds. The van der Waals surface area contributed by atoms with E-state index in [1.54, 1.807) is 11.1 Å². The second-order valence-corrected chi connectivity index (χ2v) is 6.14. The van der Waals surface area contributed by atoms with Crippen LogP contribution in [0.2, 0.25) is 0 Å². The summed E-state index contributed by atoms with van der Waals surface area (Å²) in [5, 5.41) is 4.08. The van der Waals surface area contributed by atoms with Gasteiger partial charge in [0, 0.05) is 30.8 Å². The molecule has 25 heavy (non-hydrogen) atoms. The molecule has 6 nitrogen and oxygen atoms in total. The molecule has 7 heteroatoms. The number of hydrogen-bond acceptors (Lipinski definition) is 4. The van der Waals surface area contributed by atoms with E-state index in [4.69, 9.17) is 4.52 Å². The number of likely N-dealkylation sites (tertiary alicyclic amines) is 1. The average molecular weight is 340 g/mol. The van der Waals surface area contributed by atoms with Crippen molar-refractivity contribution in [1.29, 1.82) is 0 Å². The van der Waals surface area contributed by atoms with Crippen LogP contribution in [0.3, 0.4) is 0 Å². The van der Waals surface area contributed by atoms with Crippen molar-refractivity contribution < 1.29 is 13.7 Å². The van der Waals surface area contributed by atoms with Gasteiger partial charge in [-0.05, 0) is 49.2 Å². The SMILES string of the molecule is O=C(c1ccc(F)cc1)N1CCC[C@H](c2noc(-c3ccc[nH]3)n2)C1. The van der Waals surface area contributed by atoms with Crippen LogP contribution in [0.4, 0.5) is 4.39 Å². The number of hydrogen-bond donors (Lipinski definition) is 1. The van der Waals surface area contributed by atoms with Crippen LogP contribution in [-0.2, 0) is 0 Å². The summed E-state index contributed by atoms with van der Waals surface area (Å²) in [6.45, 7) is 1.20. The number of piperidine rings is 1. The Morgan fingerprint density at radius 2 is 2.12 bits per heavy atom. The molecule has 1 N–H and O–H groups in total. The zero-order valence-corrected chi connectivity index (χ0v) is 13.5. The molecule has 0 saturated carbocycles. The van der Waals surface area contributed by atoms with Gasteiger partial charge in [-0.25, -0.2) is 4.39 Å². The lowest BCUT2D eigenvalue weighted by molar-refractivity contribution is 0.0703. The molecule has 128 valence electrons. The summed E-state index contributed by atoms with van der Waals surface area (Å²) >= 11 is 0. The van der Waals surface area contributed by atoms with Crippen molar-refractivity contribution in [2.45, 2.75) is 18.8 Å². The van der Waals surface area contributed by atoms with Gasteiger partial charge >= 0.3 is 0 Å². The number of H-pyrrole nitrogens is 1. The summed E-state index contributed by atoms with van der Waals surface area (Å²) in [5.41, 5.74) is 1.26. The van der Waals surface area contributed by atoms with Gasteiger partial charge in [0.2, 0.25) is 0 Å². The highest BCUT2D eigenvalue weighted by Gasteiger charge is 2.28. The maximum absolute atomic E-state index is 13.0. The van der Waals surface area contributed by atoms with E-state index in [-0.39, 0.29) is 17.6 Å². The maximum Gasteiger partial charge on any atom is 0.274 e. The molecular formula is C18H17FN4O2. The maximum atomic E-state index is 13.0. The van der Waals surface area contributed by atoms with E-state index in [0.717, 1.165) is 18.5 Å². The van der Waals surface area contributed by atoms with Gasteiger partial charge in [-0.1, -0.05) is 5.16 Å². The number of benzene rings is 1. The van der Waals surface area contributed by atoms with Gasteiger partial charge in [-0.3, -0.25) is 4.79 Å². The minimum atomic E-state index is -0.350. The lowest BCUT2D eigenvalue weighted by Gasteiger charge is -2.31. The Labute approximate surface area is 143 Å². The van der Waals surface area contributed by atoms with Crippen LogP contribution in [0.15, 0.2) is 47.1 Å². The van der Waals surface area contributed by atoms with E-state index in [1.807, 2.05) is 12.1 Å². The van der Waals surface area contributed by atoms with Gasteiger partial charge < -0.3 is 14.4 Å². The summed E-state index contributed by atoms with van der Waals surface area (Å²) in [4.78, 5) is 21.9. The van der Waals surface area contributed by atoms with Crippen molar-refractivity contribution in [3.63, 3.8) is 0 Å². The molecule has 0 spiro atoms. The van der Waals surface area contributed by atoms with Crippen LogP contribution in [-0.4, -0.2) is 39.0 Å². The van der Waals surface area contributed by atoms with Crippen LogP contribution >= 0.6 is 0 Å². The Morgan fingerprint density at radius 3 is 2.88 bits per heavy atom. The van der Waals surface area contributed by atoms with Gasteiger partial charge in [-0.2, -0.15) is 4.98 Å². The number of aromatic amines is 1. The second kappa shape index (κ2) is 6.51. The fourth-order valence-corrected chi connectivity index (χ4v) is 3.12. The Kier molecular flexibility index (Phi) is 4.05. The normalized spacial score (nSPS) is 17.6. The molecule has 3 heterocycles. The molecule has 0 bridgehead atoms. The highest BCUT2D eigenvalue weighted by atomic mass is 19.1. The fourth-order valence-electron chi connectivity index (χ4n) is 3.12. The second-order valence-electron chi connectivity index (χ2n) is 6.14. The molecular weight excluding hydrogens is 323 g/mol. The van der Waals surface area contributed by atoms with E-state index in [9.17, 15) is 9.18 Å². The number of nitrogens with zero attached hydrogens (tertiary/aromatic N) is 3. The van der Waals surface area contributed by atoms with Gasteiger partial charge in [-0.15, -0.1) is 0 Å². The summed E-state index contributed by atoms with van der Waals surface area (Å²) in [6, 6.07) is 9.36. The number of nitrogens with one attached hydrogen (secondary N) is 1. The molecule has 3 aromatic rings. The minimum absolute atomic E-state index is 0.0330. The van der Waals surface area contributed by atoms with Crippen LogP contribution < -0.4 is 0 Å². The quantitative estimate of drug-likeness (QED) is 0.794. The lowest BCUT2D eigenvalue weighted by atomic mass is 9.96. The van der Waals surface area contributed by atoms with Crippen LogP contribution in [0.25, 0.3) is 11.6 Å². The number of rotatable bonds is 3. The highest BCUT2D eigenvalue weighted by Crippen LogP contribution is 2.27. The molecule has 0 aliphatic carbocycles. The Bertz CT molecular complexity index is 858. The van der Waals surface area contributed by atoms with Crippen LogP contribution in [0.1, 0.15) is 34.9 Å². The summed E-state index contributed by atoms with van der Waals surface area (Å²) in [7, 11) is 0. The first-order valence-corrected chi connectivity index (χ1v) is 8.23. The first-order valence-electron chi connectivity index (χ1n) is 8.23. The molecule has 2 aromatic heterocycles. The third-order valence-corrected chi connectivity index (χ3v) is 4.44. The van der Waals surface area contributed by atoms with Gasteiger partial charge in [0.25, 0.3) is 11.8 Å². The van der Waals surface area contributed by atoms with Gasteiger partial charge in [0.05, 0.1) is 0 Å². The Morgan fingerprint density at radius 1 is 1.28 bits per heavy atom. The van der Waals surface area contributed by atoms with Gasteiger partial charge in [0.1, 0.15) is 11.5 Å². The van der Waals surface area contributed by atoms with Crippen LogP contribution in [0, 0.1) is 5.82 Å².